The van der Waals surface area contributed by atoms with Crippen molar-refractivity contribution in [3.63, 3.8) is 0 Å². The molecule has 0 aliphatic rings. The number of rotatable bonds is 1. The molecule has 0 saturated carbocycles. The topological polar surface area (TPSA) is 51.8 Å². The molecular weight excluding hydrogens is 251 g/mol. The maximum atomic E-state index is 12.6. The Labute approximate surface area is 99.1 Å². The second-order valence-electron chi connectivity index (χ2n) is 3.46. The molecule has 0 atom stereocenters. The van der Waals surface area contributed by atoms with Gasteiger partial charge < -0.3 is 5.73 Å². The first-order chi connectivity index (χ1) is 7.89. The van der Waals surface area contributed by atoms with Crippen molar-refractivity contribution in [1.82, 2.24) is 9.97 Å². The summed E-state index contributed by atoms with van der Waals surface area (Å²) in [5.41, 5.74) is 5.11. The fraction of sp³-hybridized carbons (Fsp3) is 0.200. The first-order valence-electron chi connectivity index (χ1n) is 4.62. The van der Waals surface area contributed by atoms with Crippen LogP contribution in [0.3, 0.4) is 0 Å². The van der Waals surface area contributed by atoms with Crippen molar-refractivity contribution in [3.05, 3.63) is 28.2 Å². The number of nitrogen functional groups attached to an aromatic ring is 1. The van der Waals surface area contributed by atoms with Crippen LogP contribution in [-0.4, -0.2) is 9.97 Å². The van der Waals surface area contributed by atoms with Gasteiger partial charge in [0.2, 0.25) is 0 Å². The van der Waals surface area contributed by atoms with Crippen molar-refractivity contribution < 1.29 is 13.2 Å². The molecule has 7 heteroatoms. The molecule has 90 valence electrons. The van der Waals surface area contributed by atoms with E-state index in [9.17, 15) is 13.2 Å². The molecule has 0 aliphatic carbocycles. The maximum Gasteiger partial charge on any atom is 0.435 e. The Hall–Kier alpha value is -1.63. The van der Waals surface area contributed by atoms with Crippen LogP contribution in [-0.2, 0) is 6.18 Å². The lowest BCUT2D eigenvalue weighted by atomic mass is 10.2. The van der Waals surface area contributed by atoms with E-state index in [1.165, 1.54) is 11.3 Å². The minimum absolute atomic E-state index is 0.0466. The van der Waals surface area contributed by atoms with Crippen LogP contribution in [0.4, 0.5) is 18.9 Å². The Bertz CT molecular complexity index is 548. The number of aryl methyl sites for hydroxylation is 1. The number of halogens is 3. The highest BCUT2D eigenvalue weighted by molar-refractivity contribution is 7.08. The van der Waals surface area contributed by atoms with Crippen molar-refractivity contribution in [2.24, 2.45) is 0 Å². The molecule has 17 heavy (non-hydrogen) atoms. The van der Waals surface area contributed by atoms with E-state index in [0.717, 1.165) is 11.8 Å². The Morgan fingerprint density at radius 3 is 2.53 bits per heavy atom. The molecule has 0 saturated heterocycles. The van der Waals surface area contributed by atoms with Crippen LogP contribution in [0, 0.1) is 6.92 Å². The highest BCUT2D eigenvalue weighted by atomic mass is 32.1. The third-order valence-corrected chi connectivity index (χ3v) is 3.04. The lowest BCUT2D eigenvalue weighted by Crippen LogP contribution is -2.13. The second-order valence-corrected chi connectivity index (χ2v) is 4.21. The van der Waals surface area contributed by atoms with Gasteiger partial charge in [-0.2, -0.15) is 24.5 Å². The van der Waals surface area contributed by atoms with Gasteiger partial charge >= 0.3 is 6.18 Å². The average Bonchev–Trinajstić information content (AvgIpc) is 2.63. The van der Waals surface area contributed by atoms with Gasteiger partial charge in [-0.1, -0.05) is 0 Å². The summed E-state index contributed by atoms with van der Waals surface area (Å²) in [6.45, 7) is 1.79. The average molecular weight is 259 g/mol. The van der Waals surface area contributed by atoms with Crippen LogP contribution in [0.15, 0.2) is 17.0 Å². The summed E-state index contributed by atoms with van der Waals surface area (Å²) in [5, 5.41) is 3.53. The van der Waals surface area contributed by atoms with Gasteiger partial charge in [0.1, 0.15) is 0 Å². The summed E-state index contributed by atoms with van der Waals surface area (Å²) in [5.74, 6) is 0.0466. The zero-order valence-corrected chi connectivity index (χ0v) is 9.56. The molecule has 0 aromatic carbocycles. The van der Waals surface area contributed by atoms with Crippen molar-refractivity contribution >= 4 is 17.0 Å². The lowest BCUT2D eigenvalue weighted by Gasteiger charge is -2.09. The quantitative estimate of drug-likeness (QED) is 0.856. The number of nitrogens with zero attached hydrogens (tertiary/aromatic N) is 2. The molecule has 2 N–H and O–H groups in total. The first kappa shape index (κ1) is 11.8. The predicted molar refractivity (Wildman–Crippen MR) is 59.5 cm³/mol. The fourth-order valence-electron chi connectivity index (χ4n) is 1.34. The van der Waals surface area contributed by atoms with Crippen LogP contribution in [0.5, 0.6) is 0 Å². The third kappa shape index (κ3) is 2.23. The molecule has 0 unspecified atom stereocenters. The van der Waals surface area contributed by atoms with E-state index < -0.39 is 17.6 Å². The van der Waals surface area contributed by atoms with E-state index in [4.69, 9.17) is 5.73 Å². The molecule has 2 aromatic heterocycles. The molecular formula is C10H8F3N3S. The van der Waals surface area contributed by atoms with Gasteiger partial charge in [-0.05, 0) is 17.9 Å². The molecule has 0 spiro atoms. The molecule has 0 aliphatic heterocycles. The van der Waals surface area contributed by atoms with Crippen LogP contribution >= 0.6 is 11.3 Å². The van der Waals surface area contributed by atoms with Crippen LogP contribution < -0.4 is 5.73 Å². The van der Waals surface area contributed by atoms with Gasteiger partial charge in [0, 0.05) is 10.9 Å². The van der Waals surface area contributed by atoms with E-state index >= 15 is 0 Å². The zero-order valence-electron chi connectivity index (χ0n) is 8.75. The summed E-state index contributed by atoms with van der Waals surface area (Å²) >= 11 is 1.39. The summed E-state index contributed by atoms with van der Waals surface area (Å²) in [6, 6.07) is 0. The van der Waals surface area contributed by atoms with Crippen LogP contribution in [0.25, 0.3) is 11.4 Å². The Kier molecular flexibility index (Phi) is 2.78. The van der Waals surface area contributed by atoms with Crippen molar-refractivity contribution in [3.8, 4) is 11.4 Å². The number of alkyl halides is 3. The maximum absolute atomic E-state index is 12.6. The summed E-state index contributed by atoms with van der Waals surface area (Å²) in [7, 11) is 0. The molecule has 0 fully saturated rings. The van der Waals surface area contributed by atoms with E-state index in [2.05, 4.69) is 9.97 Å². The van der Waals surface area contributed by atoms with Crippen LogP contribution in [0.1, 0.15) is 11.3 Å². The molecule has 0 bridgehead atoms. The number of anilines is 1. The molecule has 2 heterocycles. The van der Waals surface area contributed by atoms with Gasteiger partial charge in [-0.3, -0.25) is 0 Å². The highest BCUT2D eigenvalue weighted by Gasteiger charge is 2.35. The van der Waals surface area contributed by atoms with Gasteiger partial charge in [0.15, 0.2) is 11.5 Å². The minimum atomic E-state index is -4.56. The Morgan fingerprint density at radius 1 is 1.29 bits per heavy atom. The smallest absolute Gasteiger partial charge is 0.396 e. The van der Waals surface area contributed by atoms with E-state index in [0.29, 0.717) is 5.56 Å². The zero-order chi connectivity index (χ0) is 12.6. The number of hydrogen-bond acceptors (Lipinski definition) is 4. The third-order valence-electron chi connectivity index (χ3n) is 2.18. The van der Waals surface area contributed by atoms with Gasteiger partial charge in [-0.15, -0.1) is 0 Å². The van der Waals surface area contributed by atoms with Crippen molar-refractivity contribution in [1.29, 1.82) is 0 Å². The van der Waals surface area contributed by atoms with E-state index in [1.54, 1.807) is 12.3 Å². The SMILES string of the molecule is Cc1cscc1-c1ncc(N)c(C(F)(F)F)n1. The number of aromatic nitrogens is 2. The predicted octanol–water partition coefficient (Wildman–Crippen LogP) is 3.11. The highest BCUT2D eigenvalue weighted by Crippen LogP contribution is 2.33. The number of hydrogen-bond donors (Lipinski definition) is 1. The first-order valence-corrected chi connectivity index (χ1v) is 5.56. The van der Waals surface area contributed by atoms with E-state index in [1.807, 2.05) is 5.38 Å². The number of thiophene rings is 1. The van der Waals surface area contributed by atoms with Crippen LogP contribution in [0.2, 0.25) is 0 Å². The van der Waals surface area contributed by atoms with Gasteiger partial charge in [-0.25, -0.2) is 9.97 Å². The van der Waals surface area contributed by atoms with Gasteiger partial charge in [0.25, 0.3) is 0 Å². The molecule has 0 radical (unpaired) electrons. The summed E-state index contributed by atoms with van der Waals surface area (Å²) < 4.78 is 37.8. The molecule has 2 rings (SSSR count). The largest absolute Gasteiger partial charge is 0.435 e. The number of nitrogens with two attached hydrogens (primary N) is 1. The monoisotopic (exact) mass is 259 g/mol. The minimum Gasteiger partial charge on any atom is -0.396 e. The standard InChI is InChI=1S/C10H8F3N3S/c1-5-3-17-4-6(5)9-15-2-7(14)8(16-9)10(11,12)13/h2-4H,14H2,1H3. The summed E-state index contributed by atoms with van der Waals surface area (Å²) in [6.07, 6.45) is -3.58. The second kappa shape index (κ2) is 3.99. The Balaban J connectivity index is 2.56. The molecule has 3 nitrogen and oxygen atoms in total. The molecule has 2 aromatic rings. The fourth-order valence-corrected chi connectivity index (χ4v) is 2.16. The summed E-state index contributed by atoms with van der Waals surface area (Å²) in [4.78, 5) is 7.32. The Morgan fingerprint density at radius 2 is 2.00 bits per heavy atom. The van der Waals surface area contributed by atoms with E-state index in [-0.39, 0.29) is 5.82 Å². The van der Waals surface area contributed by atoms with Gasteiger partial charge in [0.05, 0.1) is 11.9 Å². The lowest BCUT2D eigenvalue weighted by molar-refractivity contribution is -0.140. The van der Waals surface area contributed by atoms with Crippen molar-refractivity contribution in [2.45, 2.75) is 13.1 Å². The van der Waals surface area contributed by atoms with Crippen molar-refractivity contribution in [2.75, 3.05) is 5.73 Å². The molecule has 0 amide bonds. The normalized spacial score (nSPS) is 11.8.